The van der Waals surface area contributed by atoms with Gasteiger partial charge in [0.15, 0.2) is 0 Å². The van der Waals surface area contributed by atoms with Gasteiger partial charge in [-0.25, -0.2) is 4.98 Å². The van der Waals surface area contributed by atoms with E-state index < -0.39 is 0 Å². The fraction of sp³-hybridized carbons (Fsp3) is 0. The summed E-state index contributed by atoms with van der Waals surface area (Å²) in [4.78, 5) is 14.7. The first kappa shape index (κ1) is 19.3. The fourth-order valence-electron chi connectivity index (χ4n) is 5.47. The predicted octanol–water partition coefficient (Wildman–Crippen LogP) is 7.22. The molecule has 5 heterocycles. The molecule has 168 valence electrons. The van der Waals surface area contributed by atoms with Crippen molar-refractivity contribution < 1.29 is 0 Å². The van der Waals surface area contributed by atoms with Crippen molar-refractivity contribution in [3.8, 4) is 11.5 Å². The molecular weight excluding hydrogens is 442 g/mol. The Bertz CT molecular complexity index is 2100. The fourth-order valence-corrected chi connectivity index (χ4v) is 5.47. The molecule has 8 aromatic rings. The highest BCUT2D eigenvalue weighted by Crippen LogP contribution is 2.39. The maximum absolute atomic E-state index is 5.00. The van der Waals surface area contributed by atoms with Crippen molar-refractivity contribution in [3.05, 3.63) is 116 Å². The van der Waals surface area contributed by atoms with E-state index in [2.05, 4.69) is 88.0 Å². The second-order valence-corrected chi connectivity index (χ2v) is 9.00. The van der Waals surface area contributed by atoms with Crippen LogP contribution in [0.15, 0.2) is 116 Å². The van der Waals surface area contributed by atoms with Gasteiger partial charge in [0.25, 0.3) is 0 Å². The van der Waals surface area contributed by atoms with Gasteiger partial charge in [0.05, 0.1) is 33.1 Å². The van der Waals surface area contributed by atoms with Gasteiger partial charge in [0.2, 0.25) is 0 Å². The highest BCUT2D eigenvalue weighted by molar-refractivity contribution is 6.21. The van der Waals surface area contributed by atoms with E-state index in [1.165, 1.54) is 0 Å². The van der Waals surface area contributed by atoms with Crippen LogP contribution in [0.4, 0.5) is 0 Å². The summed E-state index contributed by atoms with van der Waals surface area (Å²) in [6.07, 6.45) is 5.77. The Morgan fingerprint density at radius 1 is 0.500 bits per heavy atom. The molecule has 0 N–H and O–H groups in total. The highest BCUT2D eigenvalue weighted by Gasteiger charge is 2.22. The number of benzene rings is 3. The summed E-state index contributed by atoms with van der Waals surface area (Å²) in [5.41, 5.74) is 7.21. The van der Waals surface area contributed by atoms with Crippen LogP contribution < -0.4 is 0 Å². The van der Waals surface area contributed by atoms with Crippen molar-refractivity contribution in [2.45, 2.75) is 0 Å². The van der Waals surface area contributed by atoms with E-state index in [1.807, 2.05) is 36.8 Å². The number of nitrogens with zero attached hydrogens (tertiary/aromatic N) is 5. The minimum absolute atomic E-state index is 0.868. The first-order valence-electron chi connectivity index (χ1n) is 12.0. The molecular formula is C31H19N5. The van der Waals surface area contributed by atoms with E-state index in [0.29, 0.717) is 0 Å². The maximum Gasteiger partial charge on any atom is 0.138 e. The second kappa shape index (κ2) is 7.23. The monoisotopic (exact) mass is 461 g/mol. The standard InChI is InChI=1S/C31H19N5/c1-2-11-22(12-3-1)35-26-15-8-16-32-28(26)24-19-34-29-23-13-6-7-14-25(23)36(31(29)30(24)35)27-17-20-9-4-5-10-21(20)18-33-27/h1-19H. The van der Waals surface area contributed by atoms with E-state index in [4.69, 9.17) is 15.0 Å². The van der Waals surface area contributed by atoms with Crippen molar-refractivity contribution in [1.29, 1.82) is 0 Å². The molecule has 3 aromatic carbocycles. The molecule has 36 heavy (non-hydrogen) atoms. The third kappa shape index (κ3) is 2.57. The second-order valence-electron chi connectivity index (χ2n) is 9.00. The molecule has 0 spiro atoms. The SMILES string of the molecule is c1ccc(-n2c3cccnc3c3cnc4c5ccccc5n(-c5cc6ccccc6cn5)c4c32)cc1. The molecule has 0 radical (unpaired) electrons. The molecule has 0 amide bonds. The molecule has 0 saturated heterocycles. The minimum atomic E-state index is 0.868. The molecule has 0 aliphatic heterocycles. The average Bonchev–Trinajstić information content (AvgIpc) is 3.46. The van der Waals surface area contributed by atoms with Gasteiger partial charge >= 0.3 is 0 Å². The van der Waals surface area contributed by atoms with Crippen molar-refractivity contribution >= 4 is 54.6 Å². The summed E-state index contributed by atoms with van der Waals surface area (Å²) in [5.74, 6) is 0.868. The van der Waals surface area contributed by atoms with Gasteiger partial charge < -0.3 is 4.57 Å². The van der Waals surface area contributed by atoms with E-state index in [0.717, 1.165) is 66.2 Å². The largest absolute Gasteiger partial charge is 0.305 e. The van der Waals surface area contributed by atoms with Crippen LogP contribution in [-0.4, -0.2) is 24.1 Å². The van der Waals surface area contributed by atoms with Gasteiger partial charge in [-0.1, -0.05) is 60.7 Å². The zero-order valence-corrected chi connectivity index (χ0v) is 19.2. The van der Waals surface area contributed by atoms with Crippen molar-refractivity contribution in [1.82, 2.24) is 24.1 Å². The lowest BCUT2D eigenvalue weighted by atomic mass is 10.2. The lowest BCUT2D eigenvalue weighted by molar-refractivity contribution is 1.08. The van der Waals surface area contributed by atoms with Gasteiger partial charge in [-0.15, -0.1) is 0 Å². The third-order valence-electron chi connectivity index (χ3n) is 7.02. The van der Waals surface area contributed by atoms with Gasteiger partial charge in [-0.05, 0) is 41.8 Å². The molecule has 0 saturated carbocycles. The van der Waals surface area contributed by atoms with Gasteiger partial charge in [-0.3, -0.25) is 14.5 Å². The number of aromatic nitrogens is 5. The summed E-state index contributed by atoms with van der Waals surface area (Å²) >= 11 is 0. The minimum Gasteiger partial charge on any atom is -0.305 e. The van der Waals surface area contributed by atoms with Crippen LogP contribution in [0.25, 0.3) is 66.2 Å². The van der Waals surface area contributed by atoms with E-state index in [9.17, 15) is 0 Å². The maximum atomic E-state index is 5.00. The van der Waals surface area contributed by atoms with Crippen LogP contribution in [-0.2, 0) is 0 Å². The number of pyridine rings is 3. The Labute approximate surface area is 205 Å². The molecule has 5 aromatic heterocycles. The first-order chi connectivity index (χ1) is 17.9. The summed E-state index contributed by atoms with van der Waals surface area (Å²) in [6.45, 7) is 0. The number of fused-ring (bicyclic) bond motifs is 8. The van der Waals surface area contributed by atoms with Gasteiger partial charge in [0.1, 0.15) is 5.82 Å². The summed E-state index contributed by atoms with van der Waals surface area (Å²) in [5, 5.41) is 4.39. The van der Waals surface area contributed by atoms with E-state index >= 15 is 0 Å². The van der Waals surface area contributed by atoms with Crippen LogP contribution in [0.3, 0.4) is 0 Å². The molecule has 5 nitrogen and oxygen atoms in total. The van der Waals surface area contributed by atoms with Crippen LogP contribution in [0.2, 0.25) is 0 Å². The molecule has 0 aliphatic rings. The first-order valence-corrected chi connectivity index (χ1v) is 12.0. The predicted molar refractivity (Wildman–Crippen MR) is 146 cm³/mol. The average molecular weight is 462 g/mol. The Balaban J connectivity index is 1.64. The molecule has 8 rings (SSSR count). The quantitative estimate of drug-likeness (QED) is 0.273. The lowest BCUT2D eigenvalue weighted by Crippen LogP contribution is -2.00. The molecule has 0 fully saturated rings. The zero-order valence-electron chi connectivity index (χ0n) is 19.2. The normalized spacial score (nSPS) is 11.9. The van der Waals surface area contributed by atoms with Crippen molar-refractivity contribution in [2.75, 3.05) is 0 Å². The van der Waals surface area contributed by atoms with Crippen LogP contribution >= 0.6 is 0 Å². The van der Waals surface area contributed by atoms with Crippen LogP contribution in [0.5, 0.6) is 0 Å². The summed E-state index contributed by atoms with van der Waals surface area (Å²) in [7, 11) is 0. The topological polar surface area (TPSA) is 48.5 Å². The number of hydrogen-bond acceptors (Lipinski definition) is 3. The van der Waals surface area contributed by atoms with Crippen LogP contribution in [0.1, 0.15) is 0 Å². The van der Waals surface area contributed by atoms with E-state index in [-0.39, 0.29) is 0 Å². The van der Waals surface area contributed by atoms with Crippen molar-refractivity contribution in [3.63, 3.8) is 0 Å². The number of rotatable bonds is 2. The molecule has 5 heteroatoms. The van der Waals surface area contributed by atoms with E-state index in [1.54, 1.807) is 0 Å². The third-order valence-corrected chi connectivity index (χ3v) is 7.02. The Hall–Kier alpha value is -5.03. The number of hydrogen-bond donors (Lipinski definition) is 0. The Kier molecular flexibility index (Phi) is 3.88. The Morgan fingerprint density at radius 3 is 2.19 bits per heavy atom. The highest BCUT2D eigenvalue weighted by atomic mass is 15.1. The molecule has 0 bridgehead atoms. The van der Waals surface area contributed by atoms with Gasteiger partial charge in [-0.2, -0.15) is 0 Å². The van der Waals surface area contributed by atoms with Crippen LogP contribution in [0, 0.1) is 0 Å². The zero-order chi connectivity index (χ0) is 23.6. The Morgan fingerprint density at radius 2 is 1.28 bits per heavy atom. The summed E-state index contributed by atoms with van der Waals surface area (Å²) < 4.78 is 4.56. The number of para-hydroxylation sites is 2. The molecule has 0 unspecified atom stereocenters. The smallest absolute Gasteiger partial charge is 0.138 e. The van der Waals surface area contributed by atoms with Crippen molar-refractivity contribution in [2.24, 2.45) is 0 Å². The summed E-state index contributed by atoms with van der Waals surface area (Å²) in [6, 6.07) is 33.5. The lowest BCUT2D eigenvalue weighted by Gasteiger charge is -2.12. The molecule has 0 aliphatic carbocycles. The van der Waals surface area contributed by atoms with Gasteiger partial charge in [0, 0.05) is 40.4 Å². The molecule has 0 atom stereocenters.